The van der Waals surface area contributed by atoms with Crippen LogP contribution in [0.25, 0.3) is 94.5 Å². The topological polar surface area (TPSA) is 43.9 Å². The highest BCUT2D eigenvalue weighted by Crippen LogP contribution is 2.40. The molecule has 10 aromatic rings. The molecule has 234 valence electrons. The predicted molar refractivity (Wildman–Crippen MR) is 205 cm³/mol. The van der Waals surface area contributed by atoms with E-state index < -0.39 is 18.1 Å². The van der Waals surface area contributed by atoms with E-state index in [9.17, 15) is 0 Å². The van der Waals surface area contributed by atoms with Crippen molar-refractivity contribution in [3.8, 4) is 50.7 Å². The maximum atomic E-state index is 8.71. The van der Waals surface area contributed by atoms with Crippen LogP contribution in [0, 0.1) is 0 Å². The Hall–Kier alpha value is -6.78. The maximum Gasteiger partial charge on any atom is 0.160 e. The Kier molecular flexibility index (Phi) is 5.38. The van der Waals surface area contributed by atoms with Crippen LogP contribution in [0.4, 0.5) is 0 Å². The second kappa shape index (κ2) is 11.4. The third kappa shape index (κ3) is 4.61. The van der Waals surface area contributed by atoms with Crippen LogP contribution in [0.2, 0.25) is 0 Å². The second-order valence-corrected chi connectivity index (χ2v) is 12.2. The monoisotopic (exact) mass is 644 g/mol. The Balaban J connectivity index is 1.18. The van der Waals surface area contributed by atoms with Gasteiger partial charge in [-0.25, -0.2) is 9.97 Å². The first-order chi connectivity index (χ1) is 26.9. The summed E-state index contributed by atoms with van der Waals surface area (Å²) >= 11 is 0. The summed E-state index contributed by atoms with van der Waals surface area (Å²) in [6.45, 7) is 0. The molecule has 3 heterocycles. The lowest BCUT2D eigenvalue weighted by Crippen LogP contribution is -1.96. The lowest BCUT2D eigenvalue weighted by atomic mass is 10.0. The van der Waals surface area contributed by atoms with Crippen molar-refractivity contribution < 1.29 is 11.3 Å². The van der Waals surface area contributed by atoms with Crippen molar-refractivity contribution >= 4 is 43.7 Å². The number of nitrogens with zero attached hydrogens (tertiary/aromatic N) is 3. The van der Waals surface area contributed by atoms with Crippen LogP contribution in [0.5, 0.6) is 0 Å². The van der Waals surface area contributed by atoms with Gasteiger partial charge in [0.1, 0.15) is 11.2 Å². The summed E-state index contributed by atoms with van der Waals surface area (Å²) in [5.41, 5.74) is 8.88. The Morgan fingerprint density at radius 1 is 0.480 bits per heavy atom. The minimum Gasteiger partial charge on any atom is -0.455 e. The van der Waals surface area contributed by atoms with Crippen molar-refractivity contribution in [2.24, 2.45) is 0 Å². The molecule has 0 aliphatic heterocycles. The molecule has 0 spiro atoms. The number of para-hydroxylation sites is 2. The Morgan fingerprint density at radius 2 is 1.18 bits per heavy atom. The van der Waals surface area contributed by atoms with Gasteiger partial charge >= 0.3 is 0 Å². The van der Waals surface area contributed by atoms with E-state index in [0.717, 1.165) is 55.0 Å². The SMILES string of the molecule is [2H]c1c([2H])c([2H])c(-c2cc(-c3cccc4c3oc3cc(-n5c6ccccc6c6ccc(-c7ccccc7)cc65)ccc34)nc(-c3ccccc3)n2)c([2H])c1[2H]. The molecule has 0 radical (unpaired) electrons. The van der Waals surface area contributed by atoms with Gasteiger partial charge < -0.3 is 8.98 Å². The first-order valence-corrected chi connectivity index (χ1v) is 16.4. The number of benzene rings is 7. The Labute approximate surface area is 295 Å². The molecule has 0 saturated carbocycles. The molecule has 0 N–H and O–H groups in total. The Bertz CT molecular complexity index is 3130. The van der Waals surface area contributed by atoms with E-state index in [0.29, 0.717) is 28.2 Å². The number of rotatable bonds is 5. The zero-order valence-corrected chi connectivity index (χ0v) is 26.6. The third-order valence-electron chi connectivity index (χ3n) is 9.31. The molecule has 0 saturated heterocycles. The van der Waals surface area contributed by atoms with Gasteiger partial charge in [-0.1, -0.05) is 133 Å². The molecule has 10 rings (SSSR count). The molecule has 0 atom stereocenters. The largest absolute Gasteiger partial charge is 0.455 e. The summed E-state index contributed by atoms with van der Waals surface area (Å²) in [7, 11) is 0. The molecular formula is C46H29N3O. The molecule has 4 heteroatoms. The molecule has 0 bridgehead atoms. The summed E-state index contributed by atoms with van der Waals surface area (Å²) in [4.78, 5) is 9.73. The van der Waals surface area contributed by atoms with E-state index in [1.165, 1.54) is 0 Å². The fourth-order valence-electron chi connectivity index (χ4n) is 6.99. The Morgan fingerprint density at radius 3 is 2.02 bits per heavy atom. The zero-order chi connectivity index (χ0) is 37.4. The number of hydrogen-bond acceptors (Lipinski definition) is 3. The van der Waals surface area contributed by atoms with Crippen molar-refractivity contribution in [3.05, 3.63) is 176 Å². The van der Waals surface area contributed by atoms with E-state index >= 15 is 0 Å². The van der Waals surface area contributed by atoms with Crippen molar-refractivity contribution in [3.63, 3.8) is 0 Å². The highest BCUT2D eigenvalue weighted by Gasteiger charge is 2.18. The summed E-state index contributed by atoms with van der Waals surface area (Å²) in [6, 6.07) is 46.8. The van der Waals surface area contributed by atoms with Gasteiger partial charge in [-0.3, -0.25) is 0 Å². The number of furan rings is 1. The summed E-state index contributed by atoms with van der Waals surface area (Å²) < 4.78 is 51.3. The zero-order valence-electron chi connectivity index (χ0n) is 31.6. The van der Waals surface area contributed by atoms with Gasteiger partial charge in [0.25, 0.3) is 0 Å². The summed E-state index contributed by atoms with van der Waals surface area (Å²) in [5.74, 6) is 0.358. The van der Waals surface area contributed by atoms with Gasteiger partial charge in [-0.05, 0) is 47.5 Å². The van der Waals surface area contributed by atoms with Crippen molar-refractivity contribution in [2.45, 2.75) is 0 Å². The quantitative estimate of drug-likeness (QED) is 0.187. The van der Waals surface area contributed by atoms with Crippen molar-refractivity contribution in [2.75, 3.05) is 0 Å². The van der Waals surface area contributed by atoms with Crippen LogP contribution in [-0.4, -0.2) is 14.5 Å². The number of fused-ring (bicyclic) bond motifs is 6. The average Bonchev–Trinajstić information content (AvgIpc) is 3.78. The van der Waals surface area contributed by atoms with Gasteiger partial charge in [0.15, 0.2) is 5.82 Å². The predicted octanol–water partition coefficient (Wildman–Crippen LogP) is 12.1. The molecule has 3 aromatic heterocycles. The molecule has 0 amide bonds. The smallest absolute Gasteiger partial charge is 0.160 e. The molecule has 0 fully saturated rings. The van der Waals surface area contributed by atoms with E-state index in [1.807, 2.05) is 54.6 Å². The van der Waals surface area contributed by atoms with Crippen LogP contribution in [0.3, 0.4) is 0 Å². The van der Waals surface area contributed by atoms with E-state index in [1.54, 1.807) is 6.07 Å². The standard InChI is InChI=1S/C46H29N3O/c1-4-13-30(14-5-1)33-23-25-36-35-19-10-11-22-42(35)49(43(36)27-33)34-24-26-37-38-20-12-21-39(45(38)50-44(37)28-34)41-29-40(31-15-6-2-7-16-31)47-46(48-41)32-17-8-3-9-18-32/h1-29H/i2D,6D,7D,15D,16D. The minimum atomic E-state index is -0.458. The third-order valence-corrected chi connectivity index (χ3v) is 9.31. The number of hydrogen-bond donors (Lipinski definition) is 0. The normalized spacial score (nSPS) is 13.0. The van der Waals surface area contributed by atoms with Crippen LogP contribution in [-0.2, 0) is 0 Å². The van der Waals surface area contributed by atoms with Crippen molar-refractivity contribution in [1.82, 2.24) is 14.5 Å². The van der Waals surface area contributed by atoms with Crippen LogP contribution < -0.4 is 0 Å². The van der Waals surface area contributed by atoms with Crippen LogP contribution in [0.15, 0.2) is 180 Å². The second-order valence-electron chi connectivity index (χ2n) is 12.2. The van der Waals surface area contributed by atoms with E-state index in [-0.39, 0.29) is 23.3 Å². The molecule has 7 aromatic carbocycles. The maximum absolute atomic E-state index is 8.71. The molecule has 4 nitrogen and oxygen atoms in total. The molecule has 0 aliphatic rings. The van der Waals surface area contributed by atoms with Gasteiger partial charge in [0.2, 0.25) is 0 Å². The lowest BCUT2D eigenvalue weighted by molar-refractivity contribution is 0.669. The first-order valence-electron chi connectivity index (χ1n) is 18.9. The minimum absolute atomic E-state index is 0.00912. The van der Waals surface area contributed by atoms with Crippen molar-refractivity contribution in [1.29, 1.82) is 0 Å². The molecular weight excluding hydrogens is 611 g/mol. The molecule has 0 aliphatic carbocycles. The summed E-state index contributed by atoms with van der Waals surface area (Å²) in [6.07, 6.45) is 0. The van der Waals surface area contributed by atoms with E-state index in [2.05, 4.69) is 89.5 Å². The fourth-order valence-corrected chi connectivity index (χ4v) is 6.99. The van der Waals surface area contributed by atoms with Crippen LogP contribution in [0.1, 0.15) is 6.85 Å². The van der Waals surface area contributed by atoms with E-state index in [4.69, 9.17) is 21.2 Å². The molecule has 0 unspecified atom stereocenters. The first kappa shape index (κ1) is 23.5. The van der Waals surface area contributed by atoms with Gasteiger partial charge in [0, 0.05) is 50.0 Å². The van der Waals surface area contributed by atoms with Gasteiger partial charge in [-0.2, -0.15) is 0 Å². The number of aromatic nitrogens is 3. The van der Waals surface area contributed by atoms with Crippen LogP contribution >= 0.6 is 0 Å². The average molecular weight is 645 g/mol. The molecule has 50 heavy (non-hydrogen) atoms. The highest BCUT2D eigenvalue weighted by atomic mass is 16.3. The fraction of sp³-hybridized carbons (Fsp3) is 0. The highest BCUT2D eigenvalue weighted by molar-refractivity contribution is 6.12. The summed E-state index contributed by atoms with van der Waals surface area (Å²) in [5, 5.41) is 4.17. The van der Waals surface area contributed by atoms with Gasteiger partial charge in [0.05, 0.1) is 29.3 Å². The van der Waals surface area contributed by atoms with Gasteiger partial charge in [-0.15, -0.1) is 0 Å². The lowest BCUT2D eigenvalue weighted by Gasteiger charge is -2.09.